The highest BCUT2D eigenvalue weighted by Crippen LogP contribution is 2.39. The van der Waals surface area contributed by atoms with E-state index in [1.54, 1.807) is 54.9 Å². The molecule has 1 amide bonds. The Kier molecular flexibility index (Phi) is 22.2. The number of allylic oxidation sites excluding steroid dienone is 6. The van der Waals surface area contributed by atoms with Crippen molar-refractivity contribution in [3.05, 3.63) is 47.6 Å². The highest BCUT2D eigenvalue weighted by atomic mass is 16.6. The van der Waals surface area contributed by atoms with Crippen LogP contribution in [0.2, 0.25) is 0 Å². The smallest absolute Gasteiger partial charge is 0.329 e. The minimum Gasteiger partial charge on any atom is -0.460 e. The molecule has 3 heterocycles. The van der Waals surface area contributed by atoms with Crippen LogP contribution >= 0.6 is 0 Å². The molecule has 0 aromatic heterocycles. The molecule has 3 fully saturated rings. The quantitative estimate of drug-likeness (QED) is 0.123. The van der Waals surface area contributed by atoms with Crippen LogP contribution in [-0.4, -0.2) is 145 Å². The van der Waals surface area contributed by atoms with Gasteiger partial charge in [-0.1, -0.05) is 84.9 Å². The van der Waals surface area contributed by atoms with Crippen molar-refractivity contribution < 1.29 is 69.1 Å². The number of hydrogen-bond acceptors (Lipinski definition) is 14. The van der Waals surface area contributed by atoms with Crippen molar-refractivity contribution in [1.29, 1.82) is 0 Å². The van der Waals surface area contributed by atoms with Crippen LogP contribution in [-0.2, 0) is 52.4 Å². The number of cyclic esters (lactones) is 1. The second kappa shape index (κ2) is 27.0. The van der Waals surface area contributed by atoms with E-state index < -0.39 is 94.9 Å². The molecular formula is C55H87NO14. The second-order valence-corrected chi connectivity index (χ2v) is 21.1. The van der Waals surface area contributed by atoms with Crippen LogP contribution in [0.1, 0.15) is 134 Å². The van der Waals surface area contributed by atoms with Gasteiger partial charge in [-0.05, 0) is 106 Å². The number of fused-ring (bicyclic) bond motifs is 3. The zero-order chi connectivity index (χ0) is 53.0. The van der Waals surface area contributed by atoms with Gasteiger partial charge >= 0.3 is 5.97 Å². The Morgan fingerprint density at radius 2 is 1.60 bits per heavy atom. The summed E-state index contributed by atoms with van der Waals surface area (Å²) in [4.78, 5) is 72.8. The number of piperidine rings is 1. The molecule has 3 aliphatic heterocycles. The number of hydrogen-bond donors (Lipinski definition) is 3. The fourth-order valence-electron chi connectivity index (χ4n) is 10.7. The van der Waals surface area contributed by atoms with Crippen LogP contribution in [0.5, 0.6) is 0 Å². The molecule has 1 saturated carbocycles. The molecule has 2 bridgehead atoms. The van der Waals surface area contributed by atoms with Gasteiger partial charge in [0, 0.05) is 59.8 Å². The SMILES string of the molecule is [2H]C1(C)[C@@H](C)C(=O)[C@H](OC)[C@H](O)/C(C)=C/[C@@H](C)C(=O)C[C@@H]([C@H](C)C[C@@H]2CC[C@@H](OCCO)[C@H](OC)C2)OC(=O)[C@@H]2CCCCN2C(=O)C(=O)[C@]2(O)O[C@@H](CC[C@H]2C)C[C@H](OC)/C(C)=C/C=C/C=C/C1(C)C. The minimum absolute atomic E-state index is 0.0710. The summed E-state index contributed by atoms with van der Waals surface area (Å²) < 4.78 is 45.1. The van der Waals surface area contributed by atoms with Gasteiger partial charge in [-0.25, -0.2) is 4.79 Å². The Balaban J connectivity index is 1.75. The number of ether oxygens (including phenoxy) is 6. The van der Waals surface area contributed by atoms with Gasteiger partial charge in [-0.2, -0.15) is 0 Å². The van der Waals surface area contributed by atoms with Crippen molar-refractivity contribution in [2.75, 3.05) is 41.1 Å². The summed E-state index contributed by atoms with van der Waals surface area (Å²) in [5.74, 6) is -10.2. The molecule has 15 nitrogen and oxygen atoms in total. The maximum atomic E-state index is 14.5. The largest absolute Gasteiger partial charge is 0.460 e. The normalized spacial score (nSPS) is 40.4. The number of carbonyl (C=O) groups excluding carboxylic acids is 5. The van der Waals surface area contributed by atoms with E-state index in [2.05, 4.69) is 0 Å². The molecule has 0 aromatic rings. The maximum Gasteiger partial charge on any atom is 0.329 e. The van der Waals surface area contributed by atoms with Crippen molar-refractivity contribution in [1.82, 2.24) is 4.90 Å². The van der Waals surface area contributed by atoms with Gasteiger partial charge in [-0.15, -0.1) is 0 Å². The van der Waals surface area contributed by atoms with Crippen molar-refractivity contribution in [3.63, 3.8) is 0 Å². The highest BCUT2D eigenvalue weighted by molar-refractivity contribution is 6.39. The Hall–Kier alpha value is -3.41. The fraction of sp³-hybridized carbons (Fsp3) is 0.764. The lowest BCUT2D eigenvalue weighted by Gasteiger charge is -2.42. The van der Waals surface area contributed by atoms with Crippen LogP contribution < -0.4 is 0 Å². The van der Waals surface area contributed by atoms with Crippen molar-refractivity contribution in [3.8, 4) is 0 Å². The number of rotatable bonds is 9. The third-order valence-corrected chi connectivity index (χ3v) is 15.8. The first-order valence-electron chi connectivity index (χ1n) is 26.1. The van der Waals surface area contributed by atoms with E-state index in [0.717, 1.165) is 12.0 Å². The third kappa shape index (κ3) is 15.1. The van der Waals surface area contributed by atoms with Crippen LogP contribution in [0, 0.1) is 40.9 Å². The number of esters is 1. The van der Waals surface area contributed by atoms with Gasteiger partial charge < -0.3 is 48.6 Å². The number of methoxy groups -OCH3 is 3. The first-order chi connectivity index (χ1) is 33.4. The first kappa shape index (κ1) is 57.5. The Bertz CT molecular complexity index is 1950. The maximum absolute atomic E-state index is 14.5. The lowest BCUT2D eigenvalue weighted by molar-refractivity contribution is -0.265. The van der Waals surface area contributed by atoms with Gasteiger partial charge in [0.25, 0.3) is 11.7 Å². The van der Waals surface area contributed by atoms with Gasteiger partial charge in [0.2, 0.25) is 5.79 Å². The summed E-state index contributed by atoms with van der Waals surface area (Å²) in [6.07, 6.45) is 10.4. The molecule has 396 valence electrons. The van der Waals surface area contributed by atoms with E-state index in [-0.39, 0.29) is 68.8 Å². The number of Topliss-reactive ketones (excluding diaryl/α,β-unsaturated/α-hetero) is 3. The van der Waals surface area contributed by atoms with Gasteiger partial charge in [0.15, 0.2) is 5.78 Å². The molecule has 4 aliphatic rings. The van der Waals surface area contributed by atoms with Crippen molar-refractivity contribution >= 4 is 29.2 Å². The molecule has 4 rings (SSSR count). The summed E-state index contributed by atoms with van der Waals surface area (Å²) >= 11 is 0. The van der Waals surface area contributed by atoms with E-state index >= 15 is 0 Å². The molecule has 0 radical (unpaired) electrons. The van der Waals surface area contributed by atoms with E-state index in [4.69, 9.17) is 28.4 Å². The molecule has 0 spiro atoms. The third-order valence-electron chi connectivity index (χ3n) is 15.8. The monoisotopic (exact) mass is 987 g/mol. The average Bonchev–Trinajstić information content (AvgIpc) is 3.34. The van der Waals surface area contributed by atoms with Gasteiger partial charge in [-0.3, -0.25) is 19.2 Å². The Labute approximate surface area is 419 Å². The number of aliphatic hydroxyl groups excluding tert-OH is 2. The zero-order valence-electron chi connectivity index (χ0n) is 45.1. The summed E-state index contributed by atoms with van der Waals surface area (Å²) in [7, 11) is 4.51. The Morgan fingerprint density at radius 3 is 2.26 bits per heavy atom. The number of aliphatic hydroxyl groups is 3. The first-order valence-corrected chi connectivity index (χ1v) is 25.6. The molecule has 1 aliphatic carbocycles. The van der Waals surface area contributed by atoms with E-state index in [1.165, 1.54) is 12.0 Å². The van der Waals surface area contributed by atoms with Gasteiger partial charge in [0.05, 0.1) is 37.6 Å². The van der Waals surface area contributed by atoms with Crippen molar-refractivity contribution in [2.45, 2.75) is 187 Å². The molecule has 15 heteroatoms. The molecule has 0 aromatic carbocycles. The number of ketones is 3. The van der Waals surface area contributed by atoms with Gasteiger partial charge in [0.1, 0.15) is 30.1 Å². The lowest BCUT2D eigenvalue weighted by Crippen LogP contribution is -2.61. The summed E-state index contributed by atoms with van der Waals surface area (Å²) in [6.45, 7) is 16.0. The average molecular weight is 987 g/mol. The predicted molar refractivity (Wildman–Crippen MR) is 265 cm³/mol. The zero-order valence-corrected chi connectivity index (χ0v) is 44.1. The van der Waals surface area contributed by atoms with Crippen LogP contribution in [0.15, 0.2) is 47.6 Å². The molecular weight excluding hydrogens is 899 g/mol. The molecule has 2 saturated heterocycles. The summed E-state index contributed by atoms with van der Waals surface area (Å²) in [5.41, 5.74) is 0.308. The summed E-state index contributed by atoms with van der Waals surface area (Å²) in [6, 6.07) is -1.17. The fourth-order valence-corrected chi connectivity index (χ4v) is 10.7. The Morgan fingerprint density at radius 1 is 0.886 bits per heavy atom. The predicted octanol–water partition coefficient (Wildman–Crippen LogP) is 6.83. The standard InChI is InChI=1S/C55H87NO14/c1-33-18-14-13-16-24-54(8,9)39(7)38(6)49(60)50(67-12)48(59)36(4)28-34(2)43(58)32-46(35(3)29-40-21-23-44(68-27-26-57)47(30-40)66-11)69-53(63)42-19-15-17-25-56(42)52(62)51(61)55(64)37(5)20-22-41(70-55)31-45(33)65-10/h13-14,16,18,24,28,34-35,37-42,44-48,50,57,59,64H,15,17,19-23,25-27,29-32H2,1-12H3/b14-13+,24-16+,33-18+,36-28+/t34-,35-,37-,38-,39?,40+,41+,42+,44-,45+,46+,47-,48-,50-,55-/m1/s1/i39D. The van der Waals surface area contributed by atoms with Crippen LogP contribution in [0.25, 0.3) is 0 Å². The number of nitrogens with zero attached hydrogens (tertiary/aromatic N) is 1. The van der Waals surface area contributed by atoms with E-state index in [0.29, 0.717) is 50.5 Å². The van der Waals surface area contributed by atoms with Crippen molar-refractivity contribution in [2.24, 2.45) is 40.9 Å². The number of amides is 1. The molecule has 15 atom stereocenters. The van der Waals surface area contributed by atoms with Crippen LogP contribution in [0.3, 0.4) is 0 Å². The minimum atomic E-state index is -2.46. The molecule has 70 heavy (non-hydrogen) atoms. The highest BCUT2D eigenvalue weighted by Gasteiger charge is 2.53. The van der Waals surface area contributed by atoms with E-state index in [1.807, 2.05) is 58.1 Å². The molecule has 1 unspecified atom stereocenters. The van der Waals surface area contributed by atoms with E-state index in [9.17, 15) is 40.7 Å². The second-order valence-electron chi connectivity index (χ2n) is 21.1. The molecule has 3 N–H and O–H groups in total. The topological polar surface area (TPSA) is 205 Å². The van der Waals surface area contributed by atoms with Crippen LogP contribution in [0.4, 0.5) is 0 Å². The lowest BCUT2D eigenvalue weighted by atomic mass is 9.71. The number of carbonyl (C=O) groups is 5. The summed E-state index contributed by atoms with van der Waals surface area (Å²) in [5, 5.41) is 33.0.